The minimum absolute atomic E-state index is 0.165. The van der Waals surface area contributed by atoms with Gasteiger partial charge in [0.25, 0.3) is 0 Å². The van der Waals surface area contributed by atoms with E-state index in [0.29, 0.717) is 18.2 Å². The van der Waals surface area contributed by atoms with Crippen LogP contribution in [0.5, 0.6) is 0 Å². The van der Waals surface area contributed by atoms with E-state index in [0.717, 1.165) is 31.2 Å². The standard InChI is InChI=1S/C15H20FN3OS/c16-12-6-10(5-11(7-12)15(18)21)8-19(9-14(17)20)13-3-1-2-4-13/h5-7,13H,1-4,8-9H2,(H2,17,20)(H2,18,21). The molecule has 4 N–H and O–H groups in total. The number of benzene rings is 1. The zero-order valence-corrected chi connectivity index (χ0v) is 12.7. The highest BCUT2D eigenvalue weighted by Gasteiger charge is 2.24. The molecule has 0 unspecified atom stereocenters. The summed E-state index contributed by atoms with van der Waals surface area (Å²) in [6.45, 7) is 0.657. The first-order valence-corrected chi connectivity index (χ1v) is 7.48. The fourth-order valence-corrected chi connectivity index (χ4v) is 3.02. The largest absolute Gasteiger partial charge is 0.389 e. The molecule has 2 rings (SSSR count). The van der Waals surface area contributed by atoms with Gasteiger partial charge in [0.1, 0.15) is 10.8 Å². The van der Waals surface area contributed by atoms with Gasteiger partial charge in [-0.3, -0.25) is 9.69 Å². The SMILES string of the molecule is NC(=O)CN(Cc1cc(F)cc(C(N)=S)c1)C1CCCC1. The molecule has 0 bridgehead atoms. The Morgan fingerprint density at radius 2 is 1.95 bits per heavy atom. The van der Waals surface area contributed by atoms with E-state index >= 15 is 0 Å². The molecule has 1 aromatic carbocycles. The van der Waals surface area contributed by atoms with Crippen molar-refractivity contribution in [3.8, 4) is 0 Å². The Morgan fingerprint density at radius 3 is 2.52 bits per heavy atom. The molecule has 1 fully saturated rings. The average Bonchev–Trinajstić information content (AvgIpc) is 2.90. The van der Waals surface area contributed by atoms with E-state index in [1.807, 2.05) is 4.90 Å². The van der Waals surface area contributed by atoms with Crippen LogP contribution in [0.1, 0.15) is 36.8 Å². The summed E-state index contributed by atoms with van der Waals surface area (Å²) in [6.07, 6.45) is 4.40. The molecule has 1 amide bonds. The summed E-state index contributed by atoms with van der Waals surface area (Å²) in [5, 5.41) is 0. The molecule has 0 spiro atoms. The van der Waals surface area contributed by atoms with E-state index in [9.17, 15) is 9.18 Å². The Labute approximate surface area is 129 Å². The lowest BCUT2D eigenvalue weighted by Crippen LogP contribution is -2.39. The van der Waals surface area contributed by atoms with Crippen LogP contribution in [0.15, 0.2) is 18.2 Å². The van der Waals surface area contributed by atoms with Crippen molar-refractivity contribution in [2.24, 2.45) is 11.5 Å². The van der Waals surface area contributed by atoms with E-state index in [-0.39, 0.29) is 23.3 Å². The third-order valence-corrected chi connectivity index (χ3v) is 4.06. The van der Waals surface area contributed by atoms with Gasteiger partial charge in [-0.1, -0.05) is 25.1 Å². The molecule has 1 aromatic rings. The average molecular weight is 309 g/mol. The summed E-state index contributed by atoms with van der Waals surface area (Å²) >= 11 is 4.90. The topological polar surface area (TPSA) is 72.4 Å². The number of nitrogens with zero attached hydrogens (tertiary/aromatic N) is 1. The van der Waals surface area contributed by atoms with Crippen LogP contribution in [0.4, 0.5) is 4.39 Å². The Morgan fingerprint density at radius 1 is 1.29 bits per heavy atom. The number of thiocarbonyl (C=S) groups is 1. The van der Waals surface area contributed by atoms with E-state index in [1.165, 1.54) is 12.1 Å². The Kier molecular flexibility index (Phi) is 5.25. The zero-order valence-electron chi connectivity index (χ0n) is 11.8. The predicted molar refractivity (Wildman–Crippen MR) is 84.1 cm³/mol. The summed E-state index contributed by atoms with van der Waals surface area (Å²) in [7, 11) is 0. The van der Waals surface area contributed by atoms with Crippen LogP contribution in [0.25, 0.3) is 0 Å². The van der Waals surface area contributed by atoms with E-state index < -0.39 is 0 Å². The maximum Gasteiger partial charge on any atom is 0.231 e. The van der Waals surface area contributed by atoms with Crippen LogP contribution in [0, 0.1) is 5.82 Å². The van der Waals surface area contributed by atoms with Gasteiger partial charge in [0.05, 0.1) is 6.54 Å². The van der Waals surface area contributed by atoms with Crippen LogP contribution in [-0.2, 0) is 11.3 Å². The second-order valence-electron chi connectivity index (χ2n) is 5.52. The highest BCUT2D eigenvalue weighted by atomic mass is 32.1. The highest BCUT2D eigenvalue weighted by Crippen LogP contribution is 2.25. The third kappa shape index (κ3) is 4.47. The fraction of sp³-hybridized carbons (Fsp3) is 0.467. The molecular weight excluding hydrogens is 289 g/mol. The lowest BCUT2D eigenvalue weighted by molar-refractivity contribution is -0.119. The molecular formula is C15H20FN3OS. The number of carbonyl (C=O) groups excluding carboxylic acids is 1. The quantitative estimate of drug-likeness (QED) is 0.784. The second kappa shape index (κ2) is 6.95. The molecule has 0 aliphatic heterocycles. The van der Waals surface area contributed by atoms with E-state index in [2.05, 4.69) is 0 Å². The summed E-state index contributed by atoms with van der Waals surface area (Å²) in [6, 6.07) is 4.87. The number of primary amides is 1. The first kappa shape index (κ1) is 15.9. The third-order valence-electron chi connectivity index (χ3n) is 3.83. The fourth-order valence-electron chi connectivity index (χ4n) is 2.90. The van der Waals surface area contributed by atoms with Gasteiger partial charge >= 0.3 is 0 Å². The number of hydrogen-bond donors (Lipinski definition) is 2. The Bertz CT molecular complexity index is 544. The number of hydrogen-bond acceptors (Lipinski definition) is 3. The van der Waals surface area contributed by atoms with Crippen molar-refractivity contribution in [2.45, 2.75) is 38.3 Å². The van der Waals surface area contributed by atoms with Crippen LogP contribution < -0.4 is 11.5 Å². The highest BCUT2D eigenvalue weighted by molar-refractivity contribution is 7.80. The van der Waals surface area contributed by atoms with Gasteiger partial charge in [-0.2, -0.15) is 0 Å². The molecule has 4 nitrogen and oxygen atoms in total. The molecule has 0 aromatic heterocycles. The number of halogens is 1. The maximum absolute atomic E-state index is 13.7. The van der Waals surface area contributed by atoms with Gasteiger partial charge in [0, 0.05) is 18.2 Å². The van der Waals surface area contributed by atoms with Crippen molar-refractivity contribution < 1.29 is 9.18 Å². The molecule has 0 radical (unpaired) electrons. The van der Waals surface area contributed by atoms with Crippen molar-refractivity contribution in [1.82, 2.24) is 4.90 Å². The van der Waals surface area contributed by atoms with Crippen LogP contribution in [-0.4, -0.2) is 28.4 Å². The van der Waals surface area contributed by atoms with Crippen molar-refractivity contribution in [3.63, 3.8) is 0 Å². The molecule has 1 aliphatic carbocycles. The first-order chi connectivity index (χ1) is 9.95. The zero-order chi connectivity index (χ0) is 15.4. The second-order valence-corrected chi connectivity index (χ2v) is 5.96. The summed E-state index contributed by atoms with van der Waals surface area (Å²) in [5.41, 5.74) is 12.2. The van der Waals surface area contributed by atoms with Crippen LogP contribution in [0.3, 0.4) is 0 Å². The molecule has 0 atom stereocenters. The number of nitrogens with two attached hydrogens (primary N) is 2. The molecule has 1 saturated carbocycles. The van der Waals surface area contributed by atoms with Gasteiger partial charge < -0.3 is 11.5 Å². The number of rotatable bonds is 6. The molecule has 21 heavy (non-hydrogen) atoms. The molecule has 114 valence electrons. The van der Waals surface area contributed by atoms with Gasteiger partial charge in [-0.25, -0.2) is 4.39 Å². The number of amides is 1. The lowest BCUT2D eigenvalue weighted by atomic mass is 10.1. The van der Waals surface area contributed by atoms with Crippen LogP contribution in [0.2, 0.25) is 0 Å². The Balaban J connectivity index is 2.18. The van der Waals surface area contributed by atoms with Gasteiger partial charge in [0.2, 0.25) is 5.91 Å². The predicted octanol–water partition coefficient (Wildman–Crippen LogP) is 1.69. The summed E-state index contributed by atoms with van der Waals surface area (Å²) in [4.78, 5) is 13.5. The van der Waals surface area contributed by atoms with Gasteiger partial charge in [0.15, 0.2) is 0 Å². The lowest BCUT2D eigenvalue weighted by Gasteiger charge is -2.27. The molecule has 0 saturated heterocycles. The minimum atomic E-state index is -0.374. The van der Waals surface area contributed by atoms with Gasteiger partial charge in [-0.05, 0) is 36.6 Å². The van der Waals surface area contributed by atoms with E-state index in [4.69, 9.17) is 23.7 Å². The van der Waals surface area contributed by atoms with E-state index in [1.54, 1.807) is 6.07 Å². The molecule has 1 aliphatic rings. The van der Waals surface area contributed by atoms with Crippen molar-refractivity contribution in [1.29, 1.82) is 0 Å². The maximum atomic E-state index is 13.7. The minimum Gasteiger partial charge on any atom is -0.389 e. The number of carbonyl (C=O) groups is 1. The first-order valence-electron chi connectivity index (χ1n) is 7.07. The van der Waals surface area contributed by atoms with Crippen molar-refractivity contribution in [3.05, 3.63) is 35.1 Å². The summed E-state index contributed by atoms with van der Waals surface area (Å²) < 4.78 is 13.7. The monoisotopic (exact) mass is 309 g/mol. The van der Waals surface area contributed by atoms with Crippen molar-refractivity contribution in [2.75, 3.05) is 6.54 Å². The molecule has 0 heterocycles. The summed E-state index contributed by atoms with van der Waals surface area (Å²) in [5.74, 6) is -0.742. The normalized spacial score (nSPS) is 15.5. The van der Waals surface area contributed by atoms with Crippen LogP contribution >= 0.6 is 12.2 Å². The van der Waals surface area contributed by atoms with Gasteiger partial charge in [-0.15, -0.1) is 0 Å². The smallest absolute Gasteiger partial charge is 0.231 e. The van der Waals surface area contributed by atoms with Crippen molar-refractivity contribution >= 4 is 23.1 Å². The Hall–Kier alpha value is -1.53. The molecule has 6 heteroatoms.